The first-order valence-corrected chi connectivity index (χ1v) is 8.88. The van der Waals surface area contributed by atoms with E-state index in [0.717, 1.165) is 5.56 Å². The number of carboxylic acid groups (broad SMARTS) is 1. The molecule has 28 heavy (non-hydrogen) atoms. The zero-order chi connectivity index (χ0) is 19.9. The lowest BCUT2D eigenvalue weighted by molar-refractivity contribution is -0.141. The molecule has 0 bridgehead atoms. The van der Waals surface area contributed by atoms with Crippen molar-refractivity contribution in [2.75, 3.05) is 13.2 Å². The van der Waals surface area contributed by atoms with Gasteiger partial charge in [0.05, 0.1) is 19.8 Å². The monoisotopic (exact) mass is 383 g/mol. The molecule has 0 saturated heterocycles. The summed E-state index contributed by atoms with van der Waals surface area (Å²) in [5.74, 6) is -1.11. The molecule has 0 aliphatic rings. The Morgan fingerprint density at radius 2 is 1.93 bits per heavy atom. The Bertz CT molecular complexity index is 950. The first kappa shape index (κ1) is 19.4. The van der Waals surface area contributed by atoms with Crippen LogP contribution in [0.4, 0.5) is 0 Å². The molecule has 3 aromatic rings. The lowest BCUT2D eigenvalue weighted by Gasteiger charge is -2.14. The maximum Gasteiger partial charge on any atom is 0.328 e. The van der Waals surface area contributed by atoms with Gasteiger partial charge >= 0.3 is 5.97 Å². The van der Waals surface area contributed by atoms with Crippen LogP contribution in [0.2, 0.25) is 0 Å². The maximum absolute atomic E-state index is 12.4. The van der Waals surface area contributed by atoms with Crippen molar-refractivity contribution < 1.29 is 28.6 Å². The molecule has 1 aromatic heterocycles. The minimum atomic E-state index is -1.19. The molecule has 1 atom stereocenters. The van der Waals surface area contributed by atoms with Crippen LogP contribution in [0, 0.1) is 0 Å². The second-order valence-electron chi connectivity index (χ2n) is 6.11. The highest BCUT2D eigenvalue weighted by molar-refractivity contribution is 5.98. The van der Waals surface area contributed by atoms with Crippen LogP contribution in [0.5, 0.6) is 5.75 Å². The van der Waals surface area contributed by atoms with Gasteiger partial charge in [-0.25, -0.2) is 4.79 Å². The van der Waals surface area contributed by atoms with Crippen LogP contribution in [-0.2, 0) is 16.1 Å². The molecule has 2 aromatic carbocycles. The van der Waals surface area contributed by atoms with E-state index in [2.05, 4.69) is 5.32 Å². The number of aliphatic carboxylic acids is 1. The van der Waals surface area contributed by atoms with Crippen LogP contribution in [0.1, 0.15) is 23.0 Å². The molecule has 7 nitrogen and oxygen atoms in total. The van der Waals surface area contributed by atoms with Crippen molar-refractivity contribution in [2.24, 2.45) is 0 Å². The minimum Gasteiger partial charge on any atom is -0.494 e. The highest BCUT2D eigenvalue weighted by Crippen LogP contribution is 2.24. The highest BCUT2D eigenvalue weighted by Gasteiger charge is 2.23. The second kappa shape index (κ2) is 9.05. The summed E-state index contributed by atoms with van der Waals surface area (Å²) in [5.41, 5.74) is 1.43. The van der Waals surface area contributed by atoms with E-state index in [1.165, 1.54) is 0 Å². The van der Waals surface area contributed by atoms with E-state index < -0.39 is 17.9 Å². The number of fused-ring (bicyclic) bond motifs is 1. The molecule has 7 heteroatoms. The third-order valence-electron chi connectivity index (χ3n) is 4.02. The van der Waals surface area contributed by atoms with Crippen LogP contribution < -0.4 is 10.1 Å². The number of amides is 1. The Kier molecular flexibility index (Phi) is 6.29. The third kappa shape index (κ3) is 4.89. The molecule has 0 aliphatic heterocycles. The molecule has 0 spiro atoms. The average Bonchev–Trinajstić information content (AvgIpc) is 3.11. The lowest BCUT2D eigenvalue weighted by atomic mass is 10.2. The zero-order valence-electron chi connectivity index (χ0n) is 15.4. The largest absolute Gasteiger partial charge is 0.494 e. The average molecular weight is 383 g/mol. The number of carbonyl (C=O) groups excluding carboxylic acids is 1. The molecule has 1 amide bonds. The van der Waals surface area contributed by atoms with E-state index >= 15 is 0 Å². The summed E-state index contributed by atoms with van der Waals surface area (Å²) in [6.07, 6.45) is 0. The maximum atomic E-state index is 12.4. The van der Waals surface area contributed by atoms with Gasteiger partial charge in [-0.15, -0.1) is 0 Å². The Labute approximate surface area is 161 Å². The first-order chi connectivity index (χ1) is 13.6. The van der Waals surface area contributed by atoms with Gasteiger partial charge < -0.3 is 24.3 Å². The van der Waals surface area contributed by atoms with Gasteiger partial charge in [0.1, 0.15) is 11.3 Å². The molecule has 146 valence electrons. The Hall–Kier alpha value is -3.32. The van der Waals surface area contributed by atoms with Crippen LogP contribution in [0.3, 0.4) is 0 Å². The van der Waals surface area contributed by atoms with Gasteiger partial charge in [0, 0.05) is 5.39 Å². The van der Waals surface area contributed by atoms with E-state index in [-0.39, 0.29) is 19.0 Å². The Morgan fingerprint density at radius 1 is 1.14 bits per heavy atom. The molecular formula is C21H21NO6. The summed E-state index contributed by atoms with van der Waals surface area (Å²) in [6.45, 7) is 2.50. The standard InChI is InChI=1S/C21H21NO6/c1-2-27-16-8-9-18-15(10-16)11-19(28-18)20(23)22-17(21(24)25)13-26-12-14-6-4-3-5-7-14/h3-11,17H,2,12-13H2,1H3,(H,22,23)(H,24,25). The lowest BCUT2D eigenvalue weighted by Crippen LogP contribution is -2.43. The van der Waals surface area contributed by atoms with Gasteiger partial charge in [0.2, 0.25) is 0 Å². The summed E-state index contributed by atoms with van der Waals surface area (Å²) in [6, 6.07) is 14.9. The van der Waals surface area contributed by atoms with Crippen molar-refractivity contribution in [3.8, 4) is 5.75 Å². The third-order valence-corrected chi connectivity index (χ3v) is 4.02. The Morgan fingerprint density at radius 3 is 2.64 bits per heavy atom. The number of rotatable bonds is 9. The molecular weight excluding hydrogens is 362 g/mol. The normalized spacial score (nSPS) is 11.9. The summed E-state index contributed by atoms with van der Waals surface area (Å²) in [7, 11) is 0. The molecule has 1 unspecified atom stereocenters. The predicted molar refractivity (Wildman–Crippen MR) is 102 cm³/mol. The van der Waals surface area contributed by atoms with Crippen molar-refractivity contribution in [3.05, 3.63) is 65.9 Å². The highest BCUT2D eigenvalue weighted by atomic mass is 16.5. The van der Waals surface area contributed by atoms with Crippen molar-refractivity contribution in [1.29, 1.82) is 0 Å². The fourth-order valence-electron chi connectivity index (χ4n) is 2.66. The quantitative estimate of drug-likeness (QED) is 0.589. The molecule has 0 aliphatic carbocycles. The summed E-state index contributed by atoms with van der Waals surface area (Å²) in [5, 5.41) is 12.5. The van der Waals surface area contributed by atoms with Crippen molar-refractivity contribution >= 4 is 22.8 Å². The molecule has 1 heterocycles. The first-order valence-electron chi connectivity index (χ1n) is 8.88. The van der Waals surface area contributed by atoms with Gasteiger partial charge in [0.15, 0.2) is 11.8 Å². The van der Waals surface area contributed by atoms with Crippen LogP contribution >= 0.6 is 0 Å². The van der Waals surface area contributed by atoms with Gasteiger partial charge in [-0.3, -0.25) is 4.79 Å². The number of hydrogen-bond donors (Lipinski definition) is 2. The number of carbonyl (C=O) groups is 2. The molecule has 0 fully saturated rings. The van der Waals surface area contributed by atoms with E-state index in [1.807, 2.05) is 37.3 Å². The topological polar surface area (TPSA) is 98.0 Å². The SMILES string of the molecule is CCOc1ccc2oc(C(=O)NC(COCc3ccccc3)C(=O)O)cc2c1. The number of furan rings is 1. The summed E-state index contributed by atoms with van der Waals surface area (Å²) >= 11 is 0. The van der Waals surface area contributed by atoms with Gasteiger partial charge in [-0.1, -0.05) is 30.3 Å². The van der Waals surface area contributed by atoms with Gasteiger partial charge in [-0.05, 0) is 36.8 Å². The fraction of sp³-hybridized carbons (Fsp3) is 0.238. The Balaban J connectivity index is 1.63. The smallest absolute Gasteiger partial charge is 0.328 e. The number of ether oxygens (including phenoxy) is 2. The van der Waals surface area contributed by atoms with Gasteiger partial charge in [0.25, 0.3) is 5.91 Å². The van der Waals surface area contributed by atoms with E-state index in [4.69, 9.17) is 13.9 Å². The summed E-state index contributed by atoms with van der Waals surface area (Å²) in [4.78, 5) is 23.9. The second-order valence-corrected chi connectivity index (χ2v) is 6.11. The molecule has 2 N–H and O–H groups in total. The van der Waals surface area contributed by atoms with Crippen LogP contribution in [0.25, 0.3) is 11.0 Å². The molecule has 0 saturated carbocycles. The number of benzene rings is 2. The minimum absolute atomic E-state index is 0.0259. The van der Waals surface area contributed by atoms with E-state index in [1.54, 1.807) is 24.3 Å². The van der Waals surface area contributed by atoms with Crippen LogP contribution in [0.15, 0.2) is 59.0 Å². The predicted octanol–water partition coefficient (Wildman–Crippen LogP) is 3.23. The number of nitrogens with one attached hydrogen (secondary N) is 1. The zero-order valence-corrected chi connectivity index (χ0v) is 15.4. The molecule has 0 radical (unpaired) electrons. The van der Waals surface area contributed by atoms with Crippen molar-refractivity contribution in [3.63, 3.8) is 0 Å². The van der Waals surface area contributed by atoms with Crippen LogP contribution in [-0.4, -0.2) is 36.2 Å². The van der Waals surface area contributed by atoms with E-state index in [9.17, 15) is 14.7 Å². The number of carboxylic acids is 1. The van der Waals surface area contributed by atoms with E-state index in [0.29, 0.717) is 23.3 Å². The van der Waals surface area contributed by atoms with Gasteiger partial charge in [-0.2, -0.15) is 0 Å². The van der Waals surface area contributed by atoms with Crippen molar-refractivity contribution in [1.82, 2.24) is 5.32 Å². The molecule has 3 rings (SSSR count). The van der Waals surface area contributed by atoms with Crippen molar-refractivity contribution in [2.45, 2.75) is 19.6 Å². The number of hydrogen-bond acceptors (Lipinski definition) is 5. The summed E-state index contributed by atoms with van der Waals surface area (Å²) < 4.78 is 16.4. The fourth-order valence-corrected chi connectivity index (χ4v) is 2.66.